The van der Waals surface area contributed by atoms with Gasteiger partial charge in [-0.05, 0) is 55.2 Å². The van der Waals surface area contributed by atoms with Gasteiger partial charge in [0.05, 0.1) is 5.56 Å². The van der Waals surface area contributed by atoms with Crippen LogP contribution >= 0.6 is 0 Å². The highest BCUT2D eigenvalue weighted by Gasteiger charge is 2.34. The van der Waals surface area contributed by atoms with Gasteiger partial charge in [-0.2, -0.15) is 13.2 Å². The van der Waals surface area contributed by atoms with E-state index in [0.29, 0.717) is 17.0 Å². The largest absolute Gasteiger partial charge is 0.416 e. The number of halogens is 3. The van der Waals surface area contributed by atoms with Crippen LogP contribution in [0.4, 0.5) is 18.9 Å². The van der Waals surface area contributed by atoms with Gasteiger partial charge in [-0.1, -0.05) is 26.8 Å². The Bertz CT molecular complexity index is 505. The topological polar surface area (TPSA) is 12.0 Å². The van der Waals surface area contributed by atoms with E-state index >= 15 is 0 Å². The second-order valence-corrected chi connectivity index (χ2v) is 7.16. The highest BCUT2D eigenvalue weighted by molar-refractivity contribution is 5.50. The first-order valence-corrected chi connectivity index (χ1v) is 7.53. The first kappa shape index (κ1) is 16.2. The van der Waals surface area contributed by atoms with Gasteiger partial charge < -0.3 is 5.32 Å². The van der Waals surface area contributed by atoms with Crippen LogP contribution in [0.3, 0.4) is 0 Å². The zero-order valence-electron chi connectivity index (χ0n) is 13.1. The predicted octanol–water partition coefficient (Wildman–Crippen LogP) is 5.64. The van der Waals surface area contributed by atoms with Gasteiger partial charge in [0, 0.05) is 11.7 Å². The van der Waals surface area contributed by atoms with Crippen LogP contribution in [0.25, 0.3) is 0 Å². The summed E-state index contributed by atoms with van der Waals surface area (Å²) >= 11 is 0. The summed E-state index contributed by atoms with van der Waals surface area (Å²) in [6.45, 7) is 8.19. The van der Waals surface area contributed by atoms with E-state index in [-0.39, 0.29) is 11.6 Å². The highest BCUT2D eigenvalue weighted by atomic mass is 19.4. The lowest BCUT2D eigenvalue weighted by Gasteiger charge is -2.40. The number of anilines is 1. The first-order chi connectivity index (χ1) is 9.58. The van der Waals surface area contributed by atoms with Crippen molar-refractivity contribution in [3.05, 3.63) is 29.3 Å². The molecule has 1 saturated carbocycles. The molecule has 21 heavy (non-hydrogen) atoms. The van der Waals surface area contributed by atoms with Crippen molar-refractivity contribution in [2.24, 2.45) is 11.3 Å². The van der Waals surface area contributed by atoms with Crippen molar-refractivity contribution in [3.8, 4) is 0 Å². The average molecular weight is 299 g/mol. The minimum Gasteiger partial charge on any atom is -0.382 e. The second-order valence-electron chi connectivity index (χ2n) is 7.16. The van der Waals surface area contributed by atoms with Crippen LogP contribution in [0.2, 0.25) is 0 Å². The number of rotatable bonds is 2. The lowest BCUT2D eigenvalue weighted by atomic mass is 9.70. The Labute approximate surface area is 124 Å². The molecule has 0 amide bonds. The molecule has 0 saturated heterocycles. The van der Waals surface area contributed by atoms with E-state index in [9.17, 15) is 13.2 Å². The summed E-state index contributed by atoms with van der Waals surface area (Å²) in [7, 11) is 0. The molecular formula is C17H24F3N. The second kappa shape index (κ2) is 5.54. The fourth-order valence-electron chi connectivity index (χ4n) is 3.39. The van der Waals surface area contributed by atoms with Gasteiger partial charge >= 0.3 is 6.18 Å². The van der Waals surface area contributed by atoms with Gasteiger partial charge in [-0.3, -0.25) is 0 Å². The molecule has 1 aromatic rings. The third kappa shape index (κ3) is 3.92. The molecule has 1 aliphatic rings. The van der Waals surface area contributed by atoms with E-state index in [1.165, 1.54) is 13.0 Å². The van der Waals surface area contributed by atoms with Crippen molar-refractivity contribution >= 4 is 5.69 Å². The minimum absolute atomic E-state index is 0.252. The third-order valence-electron chi connectivity index (χ3n) is 4.59. The Morgan fingerprint density at radius 1 is 1.24 bits per heavy atom. The van der Waals surface area contributed by atoms with Crippen molar-refractivity contribution in [2.45, 2.75) is 59.2 Å². The summed E-state index contributed by atoms with van der Waals surface area (Å²) < 4.78 is 38.9. The molecule has 118 valence electrons. The summed E-state index contributed by atoms with van der Waals surface area (Å²) in [5.41, 5.74) is 0.633. The van der Waals surface area contributed by atoms with Crippen molar-refractivity contribution in [1.29, 1.82) is 0 Å². The van der Waals surface area contributed by atoms with Crippen LogP contribution in [0.5, 0.6) is 0 Å². The lowest BCUT2D eigenvalue weighted by Crippen LogP contribution is -2.36. The average Bonchev–Trinajstić information content (AvgIpc) is 2.33. The predicted molar refractivity (Wildman–Crippen MR) is 80.4 cm³/mol. The van der Waals surface area contributed by atoms with E-state index in [2.05, 4.69) is 26.1 Å². The van der Waals surface area contributed by atoms with E-state index < -0.39 is 11.7 Å². The standard InChI is InChI=1S/C17H24F3N/c1-11-5-6-13(9-14(11)17(18,19)20)21-15-7-8-16(3,4)10-12(15)2/h5-6,9,12,15,21H,7-8,10H2,1-4H3. The van der Waals surface area contributed by atoms with Gasteiger partial charge in [-0.15, -0.1) is 0 Å². The van der Waals surface area contributed by atoms with E-state index in [1.807, 2.05) is 0 Å². The molecule has 2 unspecified atom stereocenters. The third-order valence-corrected chi connectivity index (χ3v) is 4.59. The highest BCUT2D eigenvalue weighted by Crippen LogP contribution is 2.40. The molecule has 0 bridgehead atoms. The Balaban J connectivity index is 2.14. The quantitative estimate of drug-likeness (QED) is 0.745. The zero-order chi connectivity index (χ0) is 15.8. The molecule has 0 aromatic heterocycles. The van der Waals surface area contributed by atoms with Crippen molar-refractivity contribution in [1.82, 2.24) is 0 Å². The van der Waals surface area contributed by atoms with Crippen molar-refractivity contribution in [2.75, 3.05) is 5.32 Å². The summed E-state index contributed by atoms with van der Waals surface area (Å²) in [6.07, 6.45) is -1.08. The summed E-state index contributed by atoms with van der Waals surface area (Å²) in [6, 6.07) is 4.78. The Kier molecular flexibility index (Phi) is 4.27. The molecule has 1 aliphatic carbocycles. The van der Waals surface area contributed by atoms with Crippen LogP contribution in [0.1, 0.15) is 51.2 Å². The molecule has 0 radical (unpaired) electrons. The van der Waals surface area contributed by atoms with E-state index in [4.69, 9.17) is 0 Å². The lowest BCUT2D eigenvalue weighted by molar-refractivity contribution is -0.138. The number of benzene rings is 1. The van der Waals surface area contributed by atoms with Crippen LogP contribution < -0.4 is 5.32 Å². The van der Waals surface area contributed by atoms with Gasteiger partial charge in [0.2, 0.25) is 0 Å². The van der Waals surface area contributed by atoms with Crippen LogP contribution in [0, 0.1) is 18.3 Å². The summed E-state index contributed by atoms with van der Waals surface area (Å²) in [5.74, 6) is 0.462. The maximum Gasteiger partial charge on any atom is 0.416 e. The first-order valence-electron chi connectivity index (χ1n) is 7.53. The molecule has 0 spiro atoms. The van der Waals surface area contributed by atoms with Crippen LogP contribution in [-0.4, -0.2) is 6.04 Å². The molecule has 0 aliphatic heterocycles. The molecule has 1 fully saturated rings. The van der Waals surface area contributed by atoms with Gasteiger partial charge in [0.25, 0.3) is 0 Å². The Hall–Kier alpha value is -1.19. The summed E-state index contributed by atoms with van der Waals surface area (Å²) in [5, 5.41) is 3.31. The maximum absolute atomic E-state index is 13.0. The summed E-state index contributed by atoms with van der Waals surface area (Å²) in [4.78, 5) is 0. The molecule has 0 heterocycles. The van der Waals surface area contributed by atoms with Gasteiger partial charge in [-0.25, -0.2) is 0 Å². The fourth-order valence-corrected chi connectivity index (χ4v) is 3.39. The Morgan fingerprint density at radius 2 is 1.90 bits per heavy atom. The maximum atomic E-state index is 13.0. The smallest absolute Gasteiger partial charge is 0.382 e. The number of alkyl halides is 3. The van der Waals surface area contributed by atoms with Gasteiger partial charge in [0.1, 0.15) is 0 Å². The molecule has 4 heteroatoms. The fraction of sp³-hybridized carbons (Fsp3) is 0.647. The number of hydrogen-bond acceptors (Lipinski definition) is 1. The van der Waals surface area contributed by atoms with Gasteiger partial charge in [0.15, 0.2) is 0 Å². The molecule has 2 rings (SSSR count). The Morgan fingerprint density at radius 3 is 2.48 bits per heavy atom. The number of hydrogen-bond donors (Lipinski definition) is 1. The van der Waals surface area contributed by atoms with Crippen LogP contribution in [0.15, 0.2) is 18.2 Å². The normalized spacial score (nSPS) is 25.7. The number of aryl methyl sites for hydroxylation is 1. The molecule has 1 N–H and O–H groups in total. The zero-order valence-corrected chi connectivity index (χ0v) is 13.1. The molecule has 1 aromatic carbocycles. The number of nitrogens with one attached hydrogen (secondary N) is 1. The molecular weight excluding hydrogens is 275 g/mol. The van der Waals surface area contributed by atoms with Crippen molar-refractivity contribution < 1.29 is 13.2 Å². The SMILES string of the molecule is Cc1ccc(NC2CCC(C)(C)CC2C)cc1C(F)(F)F. The van der Waals surface area contributed by atoms with E-state index in [1.54, 1.807) is 12.1 Å². The van der Waals surface area contributed by atoms with E-state index in [0.717, 1.165) is 19.3 Å². The monoisotopic (exact) mass is 299 g/mol. The minimum atomic E-state index is -4.29. The molecule has 2 atom stereocenters. The van der Waals surface area contributed by atoms with Crippen LogP contribution in [-0.2, 0) is 6.18 Å². The molecule has 1 nitrogen and oxygen atoms in total. The van der Waals surface area contributed by atoms with Crippen molar-refractivity contribution in [3.63, 3.8) is 0 Å².